The fraction of sp³-hybridized carbons (Fsp3) is 0.450. The summed E-state index contributed by atoms with van der Waals surface area (Å²) in [5, 5.41) is 0. The van der Waals surface area contributed by atoms with Crippen LogP contribution in [0.25, 0.3) is 11.2 Å². The molecule has 0 spiro atoms. The molecule has 3 aromatic rings. The number of imidazole rings is 1. The third kappa shape index (κ3) is 3.11. The van der Waals surface area contributed by atoms with Crippen molar-refractivity contribution >= 4 is 11.2 Å². The van der Waals surface area contributed by atoms with Gasteiger partial charge in [0.2, 0.25) is 0 Å². The summed E-state index contributed by atoms with van der Waals surface area (Å²) in [6.07, 6.45) is 3.65. The molecule has 0 aliphatic carbocycles. The van der Waals surface area contributed by atoms with Gasteiger partial charge in [0.1, 0.15) is 11.5 Å². The molecule has 0 bridgehead atoms. The van der Waals surface area contributed by atoms with E-state index < -0.39 is 0 Å². The number of nitrogens with zero attached hydrogens (tertiary/aromatic N) is 5. The van der Waals surface area contributed by atoms with Crippen molar-refractivity contribution in [3.05, 3.63) is 50.9 Å². The first-order valence-electron chi connectivity index (χ1n) is 9.53. The van der Waals surface area contributed by atoms with Crippen LogP contribution in [0.3, 0.4) is 0 Å². The minimum absolute atomic E-state index is 0.140. The average molecular weight is 399 g/mol. The van der Waals surface area contributed by atoms with Gasteiger partial charge in [-0.25, -0.2) is 9.78 Å². The number of fused-ring (bicyclic) bond motifs is 1. The topological polar surface area (TPSA) is 83.5 Å². The molecule has 0 amide bonds. The number of benzene rings is 1. The van der Waals surface area contributed by atoms with Crippen LogP contribution >= 0.6 is 0 Å². The largest absolute Gasteiger partial charge is 0.497 e. The molecule has 1 aromatic carbocycles. The predicted octanol–water partition coefficient (Wildman–Crippen LogP) is 1.25. The molecule has 154 valence electrons. The number of hydrogen-bond acceptors (Lipinski definition) is 6. The SMILES string of the molecule is COc1ccc(OC)c([C@H]2CCCN2Cn2cnc3c(=O)n(C)c(=O)n(C)c32)c1. The van der Waals surface area contributed by atoms with Gasteiger partial charge in [0.05, 0.1) is 27.2 Å². The fourth-order valence-corrected chi connectivity index (χ4v) is 4.19. The zero-order valence-electron chi connectivity index (χ0n) is 17.1. The Morgan fingerprint density at radius 1 is 1.14 bits per heavy atom. The molecule has 2 aromatic heterocycles. The standard InChI is InChI=1S/C20H25N5O4/c1-22-18-17(19(26)23(2)20(22)27)21-11-25(18)12-24-9-5-6-15(24)14-10-13(28-3)7-8-16(14)29-4/h7-8,10-11,15H,5-6,9,12H2,1-4H3/t15-/m1/s1. The number of hydrogen-bond donors (Lipinski definition) is 0. The number of aromatic nitrogens is 4. The summed E-state index contributed by atoms with van der Waals surface area (Å²) in [7, 11) is 6.44. The summed E-state index contributed by atoms with van der Waals surface area (Å²) >= 11 is 0. The fourth-order valence-electron chi connectivity index (χ4n) is 4.19. The van der Waals surface area contributed by atoms with Gasteiger partial charge in [0.15, 0.2) is 11.2 Å². The van der Waals surface area contributed by atoms with Crippen LogP contribution in [0.15, 0.2) is 34.1 Å². The van der Waals surface area contributed by atoms with Crippen molar-refractivity contribution in [2.24, 2.45) is 14.1 Å². The van der Waals surface area contributed by atoms with Crippen LogP contribution in [-0.4, -0.2) is 44.3 Å². The van der Waals surface area contributed by atoms with Crippen molar-refractivity contribution in [3.63, 3.8) is 0 Å². The van der Waals surface area contributed by atoms with Crippen LogP contribution in [0.4, 0.5) is 0 Å². The van der Waals surface area contributed by atoms with Gasteiger partial charge in [0.25, 0.3) is 5.56 Å². The lowest BCUT2D eigenvalue weighted by molar-refractivity contribution is 0.200. The van der Waals surface area contributed by atoms with Gasteiger partial charge in [-0.15, -0.1) is 0 Å². The third-order valence-electron chi connectivity index (χ3n) is 5.70. The van der Waals surface area contributed by atoms with E-state index in [9.17, 15) is 9.59 Å². The van der Waals surface area contributed by atoms with Crippen LogP contribution < -0.4 is 20.7 Å². The van der Waals surface area contributed by atoms with Gasteiger partial charge >= 0.3 is 5.69 Å². The van der Waals surface area contributed by atoms with E-state index in [-0.39, 0.29) is 17.3 Å². The van der Waals surface area contributed by atoms with Gasteiger partial charge in [0, 0.05) is 32.2 Å². The van der Waals surface area contributed by atoms with Crippen LogP contribution in [-0.2, 0) is 20.8 Å². The third-order valence-corrected chi connectivity index (χ3v) is 5.70. The van der Waals surface area contributed by atoms with Crippen LogP contribution in [0.5, 0.6) is 11.5 Å². The lowest BCUT2D eigenvalue weighted by Gasteiger charge is -2.27. The molecular weight excluding hydrogens is 374 g/mol. The van der Waals surface area contributed by atoms with E-state index >= 15 is 0 Å². The van der Waals surface area contributed by atoms with E-state index in [4.69, 9.17) is 9.47 Å². The quantitative estimate of drug-likeness (QED) is 0.642. The normalized spacial score (nSPS) is 17.2. The summed E-state index contributed by atoms with van der Waals surface area (Å²) in [4.78, 5) is 31.4. The zero-order chi connectivity index (χ0) is 20.7. The molecular formula is C20H25N5O4. The van der Waals surface area contributed by atoms with Crippen LogP contribution in [0.1, 0.15) is 24.4 Å². The van der Waals surface area contributed by atoms with Gasteiger partial charge in [-0.05, 0) is 31.0 Å². The Labute approximate surface area is 167 Å². The minimum Gasteiger partial charge on any atom is -0.497 e. The number of ether oxygens (including phenoxy) is 2. The summed E-state index contributed by atoms with van der Waals surface area (Å²) in [6.45, 7) is 1.41. The molecule has 9 nitrogen and oxygen atoms in total. The Morgan fingerprint density at radius 2 is 1.93 bits per heavy atom. The predicted molar refractivity (Wildman–Crippen MR) is 108 cm³/mol. The van der Waals surface area contributed by atoms with Gasteiger partial charge in [-0.1, -0.05) is 0 Å². The summed E-state index contributed by atoms with van der Waals surface area (Å²) < 4.78 is 15.4. The highest BCUT2D eigenvalue weighted by Crippen LogP contribution is 2.39. The molecule has 1 fully saturated rings. The van der Waals surface area contributed by atoms with E-state index in [1.54, 1.807) is 27.6 Å². The molecule has 1 saturated heterocycles. The Hall–Kier alpha value is -3.07. The van der Waals surface area contributed by atoms with Gasteiger partial charge in [-0.2, -0.15) is 0 Å². The van der Waals surface area contributed by atoms with Crippen molar-refractivity contribution in [2.75, 3.05) is 20.8 Å². The second-order valence-corrected chi connectivity index (χ2v) is 7.31. The smallest absolute Gasteiger partial charge is 0.332 e. The number of rotatable bonds is 5. The maximum absolute atomic E-state index is 12.4. The van der Waals surface area contributed by atoms with Crippen molar-refractivity contribution < 1.29 is 9.47 Å². The molecule has 1 atom stereocenters. The Bertz CT molecular complexity index is 1180. The summed E-state index contributed by atoms with van der Waals surface area (Å²) in [6, 6.07) is 5.96. The van der Waals surface area contributed by atoms with Gasteiger partial charge < -0.3 is 14.0 Å². The number of likely N-dealkylation sites (tertiary alicyclic amines) is 1. The van der Waals surface area contributed by atoms with Crippen molar-refractivity contribution in [1.82, 2.24) is 23.6 Å². The molecule has 1 aliphatic rings. The monoisotopic (exact) mass is 399 g/mol. The molecule has 1 aliphatic heterocycles. The molecule has 0 N–H and O–H groups in total. The molecule has 3 heterocycles. The highest BCUT2D eigenvalue weighted by Gasteiger charge is 2.29. The Kier molecular flexibility index (Phi) is 4.91. The highest BCUT2D eigenvalue weighted by atomic mass is 16.5. The summed E-state index contributed by atoms with van der Waals surface area (Å²) in [5.74, 6) is 1.60. The number of methoxy groups -OCH3 is 2. The molecule has 4 rings (SSSR count). The van der Waals surface area contributed by atoms with E-state index in [1.807, 2.05) is 22.8 Å². The van der Waals surface area contributed by atoms with Gasteiger partial charge in [-0.3, -0.25) is 18.8 Å². The highest BCUT2D eigenvalue weighted by molar-refractivity contribution is 5.69. The lowest BCUT2D eigenvalue weighted by Crippen LogP contribution is -2.38. The Balaban J connectivity index is 1.74. The molecule has 0 saturated carbocycles. The van der Waals surface area contributed by atoms with E-state index in [1.165, 1.54) is 11.6 Å². The second-order valence-electron chi connectivity index (χ2n) is 7.31. The zero-order valence-corrected chi connectivity index (χ0v) is 17.1. The van der Waals surface area contributed by atoms with Crippen molar-refractivity contribution in [3.8, 4) is 11.5 Å². The van der Waals surface area contributed by atoms with Crippen molar-refractivity contribution in [1.29, 1.82) is 0 Å². The van der Waals surface area contributed by atoms with Crippen LogP contribution in [0.2, 0.25) is 0 Å². The maximum Gasteiger partial charge on any atom is 0.332 e. The van der Waals surface area contributed by atoms with E-state index in [0.717, 1.165) is 41.0 Å². The maximum atomic E-state index is 12.4. The average Bonchev–Trinajstić information content (AvgIpc) is 3.37. The lowest BCUT2D eigenvalue weighted by atomic mass is 10.0. The van der Waals surface area contributed by atoms with E-state index in [0.29, 0.717) is 17.8 Å². The molecule has 0 unspecified atom stereocenters. The first-order chi connectivity index (χ1) is 14.0. The first kappa shape index (κ1) is 19.3. The first-order valence-corrected chi connectivity index (χ1v) is 9.53. The summed E-state index contributed by atoms with van der Waals surface area (Å²) in [5.41, 5.74) is 1.15. The Morgan fingerprint density at radius 3 is 2.66 bits per heavy atom. The molecule has 9 heteroatoms. The molecule has 29 heavy (non-hydrogen) atoms. The van der Waals surface area contributed by atoms with E-state index in [2.05, 4.69) is 9.88 Å². The second kappa shape index (κ2) is 7.40. The number of aryl methyl sites for hydroxylation is 1. The minimum atomic E-state index is -0.380. The van der Waals surface area contributed by atoms with Crippen LogP contribution in [0, 0.1) is 0 Å². The molecule has 0 radical (unpaired) electrons. The van der Waals surface area contributed by atoms with Crippen molar-refractivity contribution in [2.45, 2.75) is 25.6 Å².